The first-order valence-corrected chi connectivity index (χ1v) is 8.07. The first-order valence-electron chi connectivity index (χ1n) is 8.07. The Balaban J connectivity index is 1.72. The highest BCUT2D eigenvalue weighted by Gasteiger charge is 2.18. The van der Waals surface area contributed by atoms with Crippen LogP contribution < -0.4 is 10.9 Å². The van der Waals surface area contributed by atoms with Crippen LogP contribution in [0.2, 0.25) is 0 Å². The second-order valence-electron chi connectivity index (χ2n) is 5.78. The number of aromatic amines is 1. The van der Waals surface area contributed by atoms with Crippen LogP contribution in [-0.4, -0.2) is 33.6 Å². The van der Waals surface area contributed by atoms with Crippen LogP contribution in [-0.2, 0) is 9.53 Å². The Kier molecular flexibility index (Phi) is 5.12. The summed E-state index contributed by atoms with van der Waals surface area (Å²) in [7, 11) is 0. The number of hydrogen-bond donors (Lipinski definition) is 2. The third kappa shape index (κ3) is 3.70. The quantitative estimate of drug-likeness (QED) is 0.390. The van der Waals surface area contributed by atoms with Crippen molar-refractivity contribution in [1.29, 1.82) is 0 Å². The Bertz CT molecular complexity index is 1150. The number of carbonyl (C=O) groups is 2. The van der Waals surface area contributed by atoms with Gasteiger partial charge in [0.2, 0.25) is 0 Å². The largest absolute Gasteiger partial charge is 0.451 e. The van der Waals surface area contributed by atoms with E-state index in [0.29, 0.717) is 5.39 Å². The Morgan fingerprint density at radius 2 is 1.89 bits per heavy atom. The lowest BCUT2D eigenvalue weighted by atomic mass is 10.1. The molecule has 0 saturated carbocycles. The molecular formula is C18H14N4O6. The molecule has 142 valence electrons. The molecule has 0 bridgehead atoms. The standard InChI is InChI=1S/C18H14N4O6/c1-10-13(7-4-8-14(10)22(26)27)19-15(23)9-28-18(25)16-11-5-2-3-6-12(11)17(24)21-20-16/h2-8H,9H2,1H3,(H,19,23)(H,21,24). The molecule has 0 radical (unpaired) electrons. The molecule has 0 unspecified atom stereocenters. The number of nitro benzene ring substituents is 1. The summed E-state index contributed by atoms with van der Waals surface area (Å²) in [4.78, 5) is 46.5. The third-order valence-electron chi connectivity index (χ3n) is 4.00. The van der Waals surface area contributed by atoms with Crippen LogP contribution in [0.4, 0.5) is 11.4 Å². The van der Waals surface area contributed by atoms with Gasteiger partial charge in [0, 0.05) is 11.5 Å². The Morgan fingerprint density at radius 1 is 1.18 bits per heavy atom. The molecule has 2 aromatic carbocycles. The van der Waals surface area contributed by atoms with Gasteiger partial charge in [0.15, 0.2) is 12.3 Å². The van der Waals surface area contributed by atoms with Gasteiger partial charge in [-0.15, -0.1) is 0 Å². The molecule has 0 saturated heterocycles. The SMILES string of the molecule is Cc1c(NC(=O)COC(=O)c2n[nH]c(=O)c3ccccc23)cccc1[N+](=O)[O-]. The summed E-state index contributed by atoms with van der Waals surface area (Å²) in [6.45, 7) is 0.867. The van der Waals surface area contributed by atoms with Crippen LogP contribution in [0.3, 0.4) is 0 Å². The summed E-state index contributed by atoms with van der Waals surface area (Å²) < 4.78 is 4.96. The van der Waals surface area contributed by atoms with Crippen LogP contribution in [0, 0.1) is 17.0 Å². The van der Waals surface area contributed by atoms with Crippen molar-refractivity contribution in [3.8, 4) is 0 Å². The van der Waals surface area contributed by atoms with Gasteiger partial charge in [-0.25, -0.2) is 9.89 Å². The molecule has 10 heteroatoms. The fraction of sp³-hybridized carbons (Fsp3) is 0.111. The van der Waals surface area contributed by atoms with Crippen LogP contribution in [0.5, 0.6) is 0 Å². The van der Waals surface area contributed by atoms with E-state index in [1.54, 1.807) is 18.2 Å². The van der Waals surface area contributed by atoms with Crippen molar-refractivity contribution in [3.63, 3.8) is 0 Å². The second-order valence-corrected chi connectivity index (χ2v) is 5.78. The number of amides is 1. The van der Waals surface area contributed by atoms with Crippen LogP contribution >= 0.6 is 0 Å². The maximum absolute atomic E-state index is 12.3. The number of nitrogens with one attached hydrogen (secondary N) is 2. The highest BCUT2D eigenvalue weighted by molar-refractivity contribution is 6.03. The summed E-state index contributed by atoms with van der Waals surface area (Å²) in [5.74, 6) is -1.57. The van der Waals surface area contributed by atoms with Crippen molar-refractivity contribution in [3.05, 3.63) is 74.2 Å². The topological polar surface area (TPSA) is 144 Å². The van der Waals surface area contributed by atoms with E-state index in [1.807, 2.05) is 0 Å². The molecule has 3 rings (SSSR count). The normalized spacial score (nSPS) is 10.5. The van der Waals surface area contributed by atoms with E-state index in [2.05, 4.69) is 15.5 Å². The van der Waals surface area contributed by atoms with E-state index in [0.717, 1.165) is 0 Å². The fourth-order valence-corrected chi connectivity index (χ4v) is 2.61. The number of ether oxygens (including phenoxy) is 1. The van der Waals surface area contributed by atoms with E-state index in [9.17, 15) is 24.5 Å². The van der Waals surface area contributed by atoms with Gasteiger partial charge in [0.1, 0.15) is 0 Å². The number of carbonyl (C=O) groups excluding carboxylic acids is 2. The number of benzene rings is 2. The molecule has 0 spiro atoms. The molecule has 10 nitrogen and oxygen atoms in total. The van der Waals surface area contributed by atoms with E-state index >= 15 is 0 Å². The minimum atomic E-state index is -0.890. The average Bonchev–Trinajstić information content (AvgIpc) is 2.68. The maximum atomic E-state index is 12.3. The number of aromatic nitrogens is 2. The van der Waals surface area contributed by atoms with Crippen LogP contribution in [0.15, 0.2) is 47.3 Å². The molecule has 0 fully saturated rings. The average molecular weight is 382 g/mol. The van der Waals surface area contributed by atoms with E-state index in [1.165, 1.54) is 31.2 Å². The molecule has 0 atom stereocenters. The molecule has 1 heterocycles. The number of fused-ring (bicyclic) bond motifs is 1. The van der Waals surface area contributed by atoms with Gasteiger partial charge in [-0.1, -0.05) is 24.3 Å². The first-order chi connectivity index (χ1) is 13.4. The number of anilines is 1. The van der Waals surface area contributed by atoms with Crippen LogP contribution in [0.1, 0.15) is 16.1 Å². The monoisotopic (exact) mass is 382 g/mol. The van der Waals surface area contributed by atoms with Crippen molar-refractivity contribution >= 4 is 34.0 Å². The minimum absolute atomic E-state index is 0.130. The maximum Gasteiger partial charge on any atom is 0.359 e. The van der Waals surface area contributed by atoms with Gasteiger partial charge in [-0.2, -0.15) is 5.10 Å². The van der Waals surface area contributed by atoms with Crippen LogP contribution in [0.25, 0.3) is 10.8 Å². The van der Waals surface area contributed by atoms with Gasteiger partial charge < -0.3 is 10.1 Å². The number of nitrogens with zero attached hydrogens (tertiary/aromatic N) is 2. The predicted octanol–water partition coefficient (Wildman–Crippen LogP) is 1.94. The second kappa shape index (κ2) is 7.66. The summed E-state index contributed by atoms with van der Waals surface area (Å²) in [5.41, 5.74) is -0.206. The summed E-state index contributed by atoms with van der Waals surface area (Å²) in [6.07, 6.45) is 0. The van der Waals surface area contributed by atoms with Crippen molar-refractivity contribution < 1.29 is 19.2 Å². The van der Waals surface area contributed by atoms with E-state index in [-0.39, 0.29) is 28.0 Å². The number of nitro groups is 1. The zero-order valence-corrected chi connectivity index (χ0v) is 14.6. The molecule has 1 aromatic heterocycles. The Hall–Kier alpha value is -4.08. The number of H-pyrrole nitrogens is 1. The summed E-state index contributed by atoms with van der Waals surface area (Å²) in [6, 6.07) is 10.6. The number of hydrogen-bond acceptors (Lipinski definition) is 7. The minimum Gasteiger partial charge on any atom is -0.451 e. The zero-order chi connectivity index (χ0) is 20.3. The molecule has 0 aliphatic heterocycles. The van der Waals surface area contributed by atoms with Gasteiger partial charge in [0.25, 0.3) is 17.2 Å². The molecular weight excluding hydrogens is 368 g/mol. The third-order valence-corrected chi connectivity index (χ3v) is 4.00. The van der Waals surface area contributed by atoms with Gasteiger partial charge in [-0.05, 0) is 19.1 Å². The molecule has 0 aliphatic rings. The summed E-state index contributed by atoms with van der Waals surface area (Å²) >= 11 is 0. The number of esters is 1. The molecule has 0 aliphatic carbocycles. The lowest BCUT2D eigenvalue weighted by Gasteiger charge is -2.09. The lowest BCUT2D eigenvalue weighted by Crippen LogP contribution is -2.23. The van der Waals surface area contributed by atoms with Crippen molar-refractivity contribution in [2.45, 2.75) is 6.92 Å². The van der Waals surface area contributed by atoms with Crippen molar-refractivity contribution in [2.24, 2.45) is 0 Å². The fourth-order valence-electron chi connectivity index (χ4n) is 2.61. The first kappa shape index (κ1) is 18.7. The van der Waals surface area contributed by atoms with Gasteiger partial charge in [0.05, 0.1) is 21.6 Å². The molecule has 2 N–H and O–H groups in total. The highest BCUT2D eigenvalue weighted by atomic mass is 16.6. The zero-order valence-electron chi connectivity index (χ0n) is 14.6. The number of rotatable bonds is 5. The van der Waals surface area contributed by atoms with Crippen molar-refractivity contribution in [1.82, 2.24) is 10.2 Å². The van der Waals surface area contributed by atoms with E-state index in [4.69, 9.17) is 4.74 Å². The molecule has 28 heavy (non-hydrogen) atoms. The highest BCUT2D eigenvalue weighted by Crippen LogP contribution is 2.24. The van der Waals surface area contributed by atoms with E-state index < -0.39 is 29.0 Å². The molecule has 1 amide bonds. The summed E-state index contributed by atoms with van der Waals surface area (Å²) in [5, 5.41) is 19.9. The lowest BCUT2D eigenvalue weighted by molar-refractivity contribution is -0.385. The van der Waals surface area contributed by atoms with Gasteiger partial charge >= 0.3 is 5.97 Å². The van der Waals surface area contributed by atoms with Crippen molar-refractivity contribution in [2.75, 3.05) is 11.9 Å². The Morgan fingerprint density at radius 3 is 2.61 bits per heavy atom. The Labute approximate surface area is 157 Å². The molecule has 3 aromatic rings. The van der Waals surface area contributed by atoms with Gasteiger partial charge in [-0.3, -0.25) is 19.7 Å². The smallest absolute Gasteiger partial charge is 0.359 e. The predicted molar refractivity (Wildman–Crippen MR) is 99.1 cm³/mol.